The number of hydrogen-bond acceptors (Lipinski definition) is 4. The number of nitrogen functional groups attached to an aromatic ring is 1. The number of amides is 1. The van der Waals surface area contributed by atoms with E-state index in [9.17, 15) is 4.79 Å². The molecule has 0 fully saturated rings. The number of nitrogens with zero attached hydrogens (tertiary/aromatic N) is 3. The highest BCUT2D eigenvalue weighted by atomic mass is 16.1. The normalized spacial score (nSPS) is 12.2. The van der Waals surface area contributed by atoms with E-state index in [0.29, 0.717) is 17.9 Å². The van der Waals surface area contributed by atoms with Gasteiger partial charge in [-0.25, -0.2) is 4.98 Å². The first-order valence-corrected chi connectivity index (χ1v) is 6.49. The van der Waals surface area contributed by atoms with Gasteiger partial charge in [0.05, 0.1) is 17.8 Å². The number of anilines is 1. The van der Waals surface area contributed by atoms with Crippen LogP contribution in [0.4, 0.5) is 5.82 Å². The molecule has 0 spiro atoms. The van der Waals surface area contributed by atoms with Gasteiger partial charge in [0.1, 0.15) is 5.82 Å². The molecule has 2 aromatic rings. The van der Waals surface area contributed by atoms with E-state index in [-0.39, 0.29) is 11.9 Å². The lowest BCUT2D eigenvalue weighted by Gasteiger charge is -2.15. The number of nitrogens with one attached hydrogen (secondary N) is 1. The van der Waals surface area contributed by atoms with Crippen LogP contribution in [0.15, 0.2) is 24.4 Å². The van der Waals surface area contributed by atoms with Gasteiger partial charge in [-0.15, -0.1) is 0 Å². The van der Waals surface area contributed by atoms with Crippen LogP contribution in [0.5, 0.6) is 0 Å². The molecule has 0 aliphatic heterocycles. The molecule has 0 aliphatic rings. The summed E-state index contributed by atoms with van der Waals surface area (Å²) in [6, 6.07) is 5.25. The van der Waals surface area contributed by atoms with Crippen molar-refractivity contribution in [3.63, 3.8) is 0 Å². The van der Waals surface area contributed by atoms with Crippen LogP contribution < -0.4 is 11.1 Å². The Kier molecular flexibility index (Phi) is 4.02. The standard InChI is InChI=1S/C14H19N5O/c1-9-6-11(3)19(18-9)8-10(2)17-14(20)12-4-5-13(15)16-7-12/h4-7,10H,8H2,1-3H3,(H2,15,16)(H,17,20). The van der Waals surface area contributed by atoms with E-state index in [0.717, 1.165) is 11.4 Å². The molecule has 0 bridgehead atoms. The molecule has 0 aliphatic carbocycles. The maximum atomic E-state index is 12.0. The summed E-state index contributed by atoms with van der Waals surface area (Å²) >= 11 is 0. The van der Waals surface area contributed by atoms with E-state index in [4.69, 9.17) is 5.73 Å². The first kappa shape index (κ1) is 14.0. The van der Waals surface area contributed by atoms with Gasteiger partial charge < -0.3 is 11.1 Å². The fraction of sp³-hybridized carbons (Fsp3) is 0.357. The van der Waals surface area contributed by atoms with Crippen LogP contribution in [-0.4, -0.2) is 26.7 Å². The zero-order valence-electron chi connectivity index (χ0n) is 11.9. The number of aryl methyl sites for hydroxylation is 2. The number of hydrogen-bond donors (Lipinski definition) is 2. The average Bonchev–Trinajstić information content (AvgIpc) is 2.68. The Labute approximate surface area is 118 Å². The molecule has 20 heavy (non-hydrogen) atoms. The first-order valence-electron chi connectivity index (χ1n) is 6.49. The van der Waals surface area contributed by atoms with Gasteiger partial charge in [0.15, 0.2) is 0 Å². The molecule has 0 saturated carbocycles. The number of carbonyl (C=O) groups is 1. The van der Waals surface area contributed by atoms with Crippen molar-refractivity contribution >= 4 is 11.7 Å². The molecule has 2 heterocycles. The summed E-state index contributed by atoms with van der Waals surface area (Å²) in [6.45, 7) is 6.53. The molecular weight excluding hydrogens is 254 g/mol. The molecule has 106 valence electrons. The minimum Gasteiger partial charge on any atom is -0.384 e. The third-order valence-electron chi connectivity index (χ3n) is 2.98. The summed E-state index contributed by atoms with van der Waals surface area (Å²) in [5, 5.41) is 7.30. The molecular formula is C14H19N5O. The third kappa shape index (κ3) is 3.34. The number of rotatable bonds is 4. The minimum absolute atomic E-state index is 0.0296. The van der Waals surface area contributed by atoms with Crippen molar-refractivity contribution in [1.82, 2.24) is 20.1 Å². The summed E-state index contributed by atoms with van der Waals surface area (Å²) in [5.74, 6) is 0.240. The summed E-state index contributed by atoms with van der Waals surface area (Å²) < 4.78 is 1.89. The van der Waals surface area contributed by atoms with Crippen LogP contribution in [0.1, 0.15) is 28.7 Å². The van der Waals surface area contributed by atoms with Gasteiger partial charge in [-0.05, 0) is 39.0 Å². The lowest BCUT2D eigenvalue weighted by molar-refractivity contribution is 0.0935. The molecule has 0 saturated heterocycles. The molecule has 1 unspecified atom stereocenters. The van der Waals surface area contributed by atoms with Crippen molar-refractivity contribution < 1.29 is 4.79 Å². The second-order valence-corrected chi connectivity index (χ2v) is 4.96. The second-order valence-electron chi connectivity index (χ2n) is 4.96. The summed E-state index contributed by atoms with van der Waals surface area (Å²) in [6.07, 6.45) is 1.47. The van der Waals surface area contributed by atoms with Crippen LogP contribution >= 0.6 is 0 Å². The van der Waals surface area contributed by atoms with Crippen molar-refractivity contribution in [1.29, 1.82) is 0 Å². The predicted molar refractivity (Wildman–Crippen MR) is 77.3 cm³/mol. The van der Waals surface area contributed by atoms with Gasteiger partial charge in [0.2, 0.25) is 0 Å². The molecule has 2 rings (SSSR count). The summed E-state index contributed by atoms with van der Waals surface area (Å²) in [4.78, 5) is 15.9. The van der Waals surface area contributed by atoms with Crippen LogP contribution in [0.3, 0.4) is 0 Å². The SMILES string of the molecule is Cc1cc(C)n(CC(C)NC(=O)c2ccc(N)nc2)n1. The highest BCUT2D eigenvalue weighted by molar-refractivity contribution is 5.94. The highest BCUT2D eigenvalue weighted by Gasteiger charge is 2.12. The van der Waals surface area contributed by atoms with Crippen molar-refractivity contribution in [2.45, 2.75) is 33.4 Å². The Morgan fingerprint density at radius 2 is 2.20 bits per heavy atom. The molecule has 3 N–H and O–H groups in total. The zero-order chi connectivity index (χ0) is 14.7. The van der Waals surface area contributed by atoms with Gasteiger partial charge >= 0.3 is 0 Å². The number of carbonyl (C=O) groups excluding carboxylic acids is 1. The quantitative estimate of drug-likeness (QED) is 0.879. The highest BCUT2D eigenvalue weighted by Crippen LogP contribution is 2.05. The van der Waals surface area contributed by atoms with E-state index < -0.39 is 0 Å². The van der Waals surface area contributed by atoms with Crippen LogP contribution in [0, 0.1) is 13.8 Å². The van der Waals surface area contributed by atoms with Gasteiger partial charge in [-0.2, -0.15) is 5.10 Å². The molecule has 0 aromatic carbocycles. The van der Waals surface area contributed by atoms with Gasteiger partial charge in [-0.3, -0.25) is 9.48 Å². The molecule has 0 radical (unpaired) electrons. The van der Waals surface area contributed by atoms with Crippen molar-refractivity contribution in [2.75, 3.05) is 5.73 Å². The Morgan fingerprint density at radius 3 is 2.75 bits per heavy atom. The molecule has 6 heteroatoms. The van der Waals surface area contributed by atoms with E-state index in [1.807, 2.05) is 31.5 Å². The molecule has 2 aromatic heterocycles. The smallest absolute Gasteiger partial charge is 0.253 e. The predicted octanol–water partition coefficient (Wildman–Crippen LogP) is 1.30. The molecule has 6 nitrogen and oxygen atoms in total. The van der Waals surface area contributed by atoms with Crippen molar-refractivity contribution in [3.8, 4) is 0 Å². The van der Waals surface area contributed by atoms with Gasteiger partial charge in [0.25, 0.3) is 5.91 Å². The Morgan fingerprint density at radius 1 is 1.45 bits per heavy atom. The molecule has 1 atom stereocenters. The fourth-order valence-electron chi connectivity index (χ4n) is 2.01. The van der Waals surface area contributed by atoms with Crippen molar-refractivity contribution in [3.05, 3.63) is 41.3 Å². The van der Waals surface area contributed by atoms with E-state index in [2.05, 4.69) is 15.4 Å². The fourth-order valence-corrected chi connectivity index (χ4v) is 2.01. The minimum atomic E-state index is -0.161. The Balaban J connectivity index is 1.97. The first-order chi connectivity index (χ1) is 9.45. The maximum absolute atomic E-state index is 12.0. The van der Waals surface area contributed by atoms with E-state index in [1.165, 1.54) is 6.20 Å². The Hall–Kier alpha value is -2.37. The van der Waals surface area contributed by atoms with Crippen LogP contribution in [0.25, 0.3) is 0 Å². The Bertz CT molecular complexity index is 603. The van der Waals surface area contributed by atoms with Crippen LogP contribution in [0.2, 0.25) is 0 Å². The zero-order valence-corrected chi connectivity index (χ0v) is 11.9. The van der Waals surface area contributed by atoms with E-state index >= 15 is 0 Å². The maximum Gasteiger partial charge on any atom is 0.253 e. The number of pyridine rings is 1. The number of aromatic nitrogens is 3. The average molecular weight is 273 g/mol. The lowest BCUT2D eigenvalue weighted by Crippen LogP contribution is -2.36. The van der Waals surface area contributed by atoms with Gasteiger partial charge in [-0.1, -0.05) is 0 Å². The lowest BCUT2D eigenvalue weighted by atomic mass is 10.2. The summed E-state index contributed by atoms with van der Waals surface area (Å²) in [7, 11) is 0. The topological polar surface area (TPSA) is 85.8 Å². The summed E-state index contributed by atoms with van der Waals surface area (Å²) in [5.41, 5.74) is 8.05. The number of nitrogens with two attached hydrogens (primary N) is 1. The second kappa shape index (κ2) is 5.73. The van der Waals surface area contributed by atoms with Crippen molar-refractivity contribution in [2.24, 2.45) is 0 Å². The third-order valence-corrected chi connectivity index (χ3v) is 2.98. The van der Waals surface area contributed by atoms with Crippen LogP contribution in [-0.2, 0) is 6.54 Å². The largest absolute Gasteiger partial charge is 0.384 e. The molecule has 1 amide bonds. The van der Waals surface area contributed by atoms with Gasteiger partial charge in [0, 0.05) is 17.9 Å². The monoisotopic (exact) mass is 273 g/mol. The van der Waals surface area contributed by atoms with E-state index in [1.54, 1.807) is 12.1 Å².